The first-order valence-corrected chi connectivity index (χ1v) is 9.96. The number of carbonyl (C=O) groups excluding carboxylic acids is 1. The molecule has 10 heteroatoms. The number of nitrogens with zero attached hydrogens (tertiary/aromatic N) is 6. The van der Waals surface area contributed by atoms with Gasteiger partial charge in [0.1, 0.15) is 11.6 Å². The molecule has 0 spiro atoms. The van der Waals surface area contributed by atoms with Gasteiger partial charge in [-0.3, -0.25) is 0 Å². The van der Waals surface area contributed by atoms with Gasteiger partial charge in [0.05, 0.1) is 14.2 Å². The Labute approximate surface area is 180 Å². The molecule has 0 saturated carbocycles. The van der Waals surface area contributed by atoms with Crippen LogP contribution in [0.25, 0.3) is 5.82 Å². The quantitative estimate of drug-likeness (QED) is 0.673. The van der Waals surface area contributed by atoms with Crippen molar-refractivity contribution < 1.29 is 14.3 Å². The first-order valence-electron chi connectivity index (χ1n) is 9.96. The van der Waals surface area contributed by atoms with Crippen LogP contribution in [0.3, 0.4) is 0 Å². The number of hydrogen-bond donors (Lipinski definition) is 1. The smallest absolute Gasteiger partial charge is 0.321 e. The van der Waals surface area contributed by atoms with Crippen LogP contribution in [0.1, 0.15) is 5.82 Å². The molecule has 0 bridgehead atoms. The van der Waals surface area contributed by atoms with Crippen LogP contribution in [0.5, 0.6) is 11.5 Å². The summed E-state index contributed by atoms with van der Waals surface area (Å²) >= 11 is 0. The van der Waals surface area contributed by atoms with Crippen LogP contribution in [-0.4, -0.2) is 71.1 Å². The molecule has 1 aliphatic rings. The van der Waals surface area contributed by atoms with Crippen LogP contribution in [0.15, 0.2) is 42.7 Å². The number of methoxy groups -OCH3 is 2. The molecule has 1 N–H and O–H groups in total. The summed E-state index contributed by atoms with van der Waals surface area (Å²) in [6.45, 7) is 4.38. The normalized spacial score (nSPS) is 13.8. The Morgan fingerprint density at radius 1 is 1.00 bits per heavy atom. The summed E-state index contributed by atoms with van der Waals surface area (Å²) in [4.78, 5) is 25.7. The number of nitrogens with one attached hydrogen (secondary N) is 1. The van der Waals surface area contributed by atoms with Crippen LogP contribution >= 0.6 is 0 Å². The largest absolute Gasteiger partial charge is 0.493 e. The zero-order valence-electron chi connectivity index (χ0n) is 17.8. The molecule has 1 aliphatic heterocycles. The van der Waals surface area contributed by atoms with E-state index in [1.54, 1.807) is 48.2 Å². The first kappa shape index (κ1) is 20.5. The van der Waals surface area contributed by atoms with E-state index in [9.17, 15) is 4.79 Å². The number of piperazine rings is 1. The van der Waals surface area contributed by atoms with Gasteiger partial charge in [-0.05, 0) is 25.1 Å². The molecule has 4 rings (SSSR count). The van der Waals surface area contributed by atoms with E-state index in [4.69, 9.17) is 9.47 Å². The van der Waals surface area contributed by atoms with Crippen LogP contribution in [-0.2, 0) is 0 Å². The molecule has 10 nitrogen and oxygen atoms in total. The van der Waals surface area contributed by atoms with Crippen molar-refractivity contribution in [1.29, 1.82) is 0 Å². The first-order chi connectivity index (χ1) is 15.1. The number of anilines is 2. The van der Waals surface area contributed by atoms with Crippen molar-refractivity contribution in [2.75, 3.05) is 50.6 Å². The van der Waals surface area contributed by atoms with Gasteiger partial charge in [-0.1, -0.05) is 0 Å². The Bertz CT molecular complexity index is 1050. The Morgan fingerprint density at radius 3 is 2.42 bits per heavy atom. The van der Waals surface area contributed by atoms with E-state index in [1.165, 1.54) is 0 Å². The van der Waals surface area contributed by atoms with Gasteiger partial charge in [-0.15, -0.1) is 0 Å². The van der Waals surface area contributed by atoms with Crippen molar-refractivity contribution >= 4 is 17.5 Å². The van der Waals surface area contributed by atoms with Crippen molar-refractivity contribution in [2.24, 2.45) is 0 Å². The van der Waals surface area contributed by atoms with Crippen molar-refractivity contribution in [3.63, 3.8) is 0 Å². The highest BCUT2D eigenvalue weighted by molar-refractivity contribution is 5.90. The number of ether oxygens (including phenoxy) is 2. The lowest BCUT2D eigenvalue weighted by atomic mass is 10.2. The molecule has 1 aromatic carbocycles. The van der Waals surface area contributed by atoms with Crippen LogP contribution < -0.4 is 19.7 Å². The average molecular weight is 423 g/mol. The number of amides is 2. The third kappa shape index (κ3) is 4.52. The minimum Gasteiger partial charge on any atom is -0.493 e. The monoisotopic (exact) mass is 423 g/mol. The van der Waals surface area contributed by atoms with Gasteiger partial charge < -0.3 is 24.6 Å². The summed E-state index contributed by atoms with van der Waals surface area (Å²) in [7, 11) is 3.14. The molecule has 2 aromatic heterocycles. The molecule has 3 aromatic rings. The number of rotatable bonds is 5. The lowest BCUT2D eigenvalue weighted by Crippen LogP contribution is -2.50. The van der Waals surface area contributed by atoms with Crippen molar-refractivity contribution in [3.05, 3.63) is 48.5 Å². The van der Waals surface area contributed by atoms with E-state index in [2.05, 4.69) is 25.3 Å². The Morgan fingerprint density at radius 2 is 1.74 bits per heavy atom. The topological polar surface area (TPSA) is 97.6 Å². The maximum Gasteiger partial charge on any atom is 0.321 e. The summed E-state index contributed by atoms with van der Waals surface area (Å²) in [5, 5.41) is 7.17. The molecule has 31 heavy (non-hydrogen) atoms. The van der Waals surface area contributed by atoms with Gasteiger partial charge in [-0.25, -0.2) is 19.4 Å². The minimum absolute atomic E-state index is 0.150. The molecule has 0 radical (unpaired) electrons. The lowest BCUT2D eigenvalue weighted by Gasteiger charge is -2.35. The van der Waals surface area contributed by atoms with Gasteiger partial charge in [-0.2, -0.15) is 5.10 Å². The van der Waals surface area contributed by atoms with E-state index in [0.717, 1.165) is 11.6 Å². The fourth-order valence-electron chi connectivity index (χ4n) is 3.48. The molecule has 0 aliphatic carbocycles. The fourth-order valence-corrected chi connectivity index (χ4v) is 3.48. The number of urea groups is 1. The minimum atomic E-state index is -0.150. The molecule has 3 heterocycles. The van der Waals surface area contributed by atoms with Crippen LogP contribution in [0.4, 0.5) is 16.3 Å². The highest BCUT2D eigenvalue weighted by Gasteiger charge is 2.23. The molecule has 2 amide bonds. The van der Waals surface area contributed by atoms with Gasteiger partial charge in [0.25, 0.3) is 0 Å². The zero-order valence-corrected chi connectivity index (χ0v) is 17.8. The fraction of sp³-hybridized carbons (Fsp3) is 0.333. The van der Waals surface area contributed by atoms with Crippen molar-refractivity contribution in [1.82, 2.24) is 24.6 Å². The third-order valence-electron chi connectivity index (χ3n) is 5.08. The maximum atomic E-state index is 12.7. The number of aromatic nitrogens is 4. The molecule has 162 valence electrons. The number of benzene rings is 1. The molecule has 1 saturated heterocycles. The SMILES string of the molecule is COc1ccc(NC(=O)N2CCN(c3cc(-n4cccn4)nc(C)n3)CC2)cc1OC. The Kier molecular flexibility index (Phi) is 5.87. The van der Waals surface area contributed by atoms with E-state index >= 15 is 0 Å². The predicted molar refractivity (Wildman–Crippen MR) is 116 cm³/mol. The number of carbonyl (C=O) groups is 1. The zero-order chi connectivity index (χ0) is 21.8. The highest BCUT2D eigenvalue weighted by Crippen LogP contribution is 2.30. The molecule has 1 fully saturated rings. The second-order valence-electron chi connectivity index (χ2n) is 7.06. The van der Waals surface area contributed by atoms with Gasteiger partial charge in [0, 0.05) is 56.4 Å². The summed E-state index contributed by atoms with van der Waals surface area (Å²) in [5.41, 5.74) is 0.653. The highest BCUT2D eigenvalue weighted by atomic mass is 16.5. The van der Waals surface area contributed by atoms with E-state index in [-0.39, 0.29) is 6.03 Å². The lowest BCUT2D eigenvalue weighted by molar-refractivity contribution is 0.208. The molecular formula is C21H25N7O3. The maximum absolute atomic E-state index is 12.7. The average Bonchev–Trinajstić information content (AvgIpc) is 3.34. The van der Waals surface area contributed by atoms with Crippen molar-refractivity contribution in [3.8, 4) is 17.3 Å². The molecule has 0 unspecified atom stereocenters. The second kappa shape index (κ2) is 8.90. The Balaban J connectivity index is 1.39. The summed E-state index contributed by atoms with van der Waals surface area (Å²) in [5.74, 6) is 3.41. The van der Waals surface area contributed by atoms with Gasteiger partial charge in [0.15, 0.2) is 17.3 Å². The molecular weight excluding hydrogens is 398 g/mol. The number of aryl methyl sites for hydroxylation is 1. The third-order valence-corrected chi connectivity index (χ3v) is 5.08. The van der Waals surface area contributed by atoms with Crippen molar-refractivity contribution in [2.45, 2.75) is 6.92 Å². The molecule has 0 atom stereocenters. The summed E-state index contributed by atoms with van der Waals surface area (Å²) < 4.78 is 12.2. The van der Waals surface area contributed by atoms with Crippen LogP contribution in [0.2, 0.25) is 0 Å². The van der Waals surface area contributed by atoms with E-state index < -0.39 is 0 Å². The predicted octanol–water partition coefficient (Wildman–Crippen LogP) is 2.34. The summed E-state index contributed by atoms with van der Waals surface area (Å²) in [6, 6.07) is 8.92. The van der Waals surface area contributed by atoms with Crippen LogP contribution in [0, 0.1) is 6.92 Å². The van der Waals surface area contributed by atoms with E-state index in [0.29, 0.717) is 49.2 Å². The summed E-state index contributed by atoms with van der Waals surface area (Å²) in [6.07, 6.45) is 3.56. The standard InChI is InChI=1S/C21H25N7O3/c1-15-23-19(14-20(24-15)28-8-4-7-22-28)26-9-11-27(12-10-26)21(29)25-16-5-6-17(30-2)18(13-16)31-3/h4-8,13-14H,9-12H2,1-3H3,(H,25,29). The second-order valence-corrected chi connectivity index (χ2v) is 7.06. The Hall–Kier alpha value is -3.82. The van der Waals surface area contributed by atoms with Gasteiger partial charge >= 0.3 is 6.03 Å². The van der Waals surface area contributed by atoms with E-state index in [1.807, 2.05) is 25.3 Å². The number of hydrogen-bond acceptors (Lipinski definition) is 7. The van der Waals surface area contributed by atoms with Gasteiger partial charge in [0.2, 0.25) is 0 Å².